The lowest BCUT2D eigenvalue weighted by Crippen LogP contribution is -2.61. The molecule has 2 aromatic rings. The zero-order chi connectivity index (χ0) is 15.4. The van der Waals surface area contributed by atoms with E-state index in [1.54, 1.807) is 12.1 Å². The fraction of sp³-hybridized carbons (Fsp3) is 0.438. The van der Waals surface area contributed by atoms with Gasteiger partial charge >= 0.3 is 0 Å². The number of aliphatic hydroxyl groups is 1. The third-order valence-corrected chi connectivity index (χ3v) is 3.82. The number of halogens is 1. The van der Waals surface area contributed by atoms with Crippen molar-refractivity contribution in [2.75, 3.05) is 19.8 Å². The van der Waals surface area contributed by atoms with Crippen molar-refractivity contribution < 1.29 is 18.8 Å². The van der Waals surface area contributed by atoms with Crippen LogP contribution in [0.3, 0.4) is 0 Å². The minimum atomic E-state index is -0.232. The van der Waals surface area contributed by atoms with Crippen LogP contribution in [0.4, 0.5) is 4.39 Å². The highest BCUT2D eigenvalue weighted by Gasteiger charge is 2.39. The molecule has 0 unspecified atom stereocenters. The van der Waals surface area contributed by atoms with E-state index in [0.29, 0.717) is 38.4 Å². The van der Waals surface area contributed by atoms with Crippen molar-refractivity contribution in [3.63, 3.8) is 0 Å². The summed E-state index contributed by atoms with van der Waals surface area (Å²) in [6.45, 7) is 1.91. The molecule has 2 heterocycles. The van der Waals surface area contributed by atoms with E-state index in [0.717, 1.165) is 11.3 Å². The Morgan fingerprint density at radius 2 is 2.05 bits per heavy atom. The number of hydrogen-bond acceptors (Lipinski definition) is 5. The molecule has 1 aliphatic heterocycles. The fourth-order valence-electron chi connectivity index (χ4n) is 2.52. The first-order chi connectivity index (χ1) is 10.7. The van der Waals surface area contributed by atoms with Crippen LogP contribution in [0.15, 0.2) is 34.9 Å². The Kier molecular flexibility index (Phi) is 4.52. The number of aliphatic hydroxyl groups excluding tert-OH is 1. The smallest absolute Gasteiger partial charge is 0.139 e. The molecule has 0 saturated carbocycles. The van der Waals surface area contributed by atoms with Crippen molar-refractivity contribution in [3.05, 3.63) is 53.2 Å². The van der Waals surface area contributed by atoms with Gasteiger partial charge < -0.3 is 19.7 Å². The first-order valence-corrected chi connectivity index (χ1v) is 7.32. The van der Waals surface area contributed by atoms with Crippen LogP contribution < -0.4 is 5.32 Å². The number of aromatic nitrogens is 1. The predicted molar refractivity (Wildman–Crippen MR) is 77.8 cm³/mol. The Morgan fingerprint density at radius 3 is 2.68 bits per heavy atom. The van der Waals surface area contributed by atoms with Gasteiger partial charge in [-0.2, -0.15) is 0 Å². The van der Waals surface area contributed by atoms with Crippen molar-refractivity contribution in [3.8, 4) is 0 Å². The monoisotopic (exact) mass is 306 g/mol. The molecule has 0 amide bonds. The average molecular weight is 306 g/mol. The van der Waals surface area contributed by atoms with E-state index in [9.17, 15) is 4.39 Å². The second-order valence-corrected chi connectivity index (χ2v) is 5.69. The predicted octanol–water partition coefficient (Wildman–Crippen LogP) is 1.45. The van der Waals surface area contributed by atoms with Crippen molar-refractivity contribution in [2.24, 2.45) is 0 Å². The van der Waals surface area contributed by atoms with Crippen molar-refractivity contribution >= 4 is 0 Å². The molecule has 3 rings (SSSR count). The molecule has 22 heavy (non-hydrogen) atoms. The van der Waals surface area contributed by atoms with E-state index < -0.39 is 0 Å². The first kappa shape index (κ1) is 15.1. The summed E-state index contributed by atoms with van der Waals surface area (Å²) in [6, 6.07) is 8.32. The molecule has 5 nitrogen and oxygen atoms in total. The summed E-state index contributed by atoms with van der Waals surface area (Å²) in [7, 11) is 0. The van der Waals surface area contributed by atoms with Gasteiger partial charge in [0.25, 0.3) is 0 Å². The molecule has 1 saturated heterocycles. The van der Waals surface area contributed by atoms with Gasteiger partial charge in [-0.25, -0.2) is 4.39 Å². The van der Waals surface area contributed by atoms with Gasteiger partial charge in [-0.1, -0.05) is 17.3 Å². The Balaban J connectivity index is 1.60. The van der Waals surface area contributed by atoms with Gasteiger partial charge in [-0.3, -0.25) is 0 Å². The van der Waals surface area contributed by atoms with Crippen LogP contribution in [0.2, 0.25) is 0 Å². The van der Waals surface area contributed by atoms with E-state index in [4.69, 9.17) is 14.4 Å². The summed E-state index contributed by atoms with van der Waals surface area (Å²) in [5.74, 6) is 0.455. The van der Waals surface area contributed by atoms with E-state index in [1.807, 2.05) is 6.07 Å². The van der Waals surface area contributed by atoms with E-state index in [-0.39, 0.29) is 18.0 Å². The minimum absolute atomic E-state index is 0.0473. The molecule has 1 aromatic heterocycles. The van der Waals surface area contributed by atoms with Crippen LogP contribution in [0, 0.1) is 5.82 Å². The summed E-state index contributed by atoms with van der Waals surface area (Å²) in [6.07, 6.45) is 1.17. The largest absolute Gasteiger partial charge is 0.396 e. The number of hydrogen-bond donors (Lipinski definition) is 2. The maximum Gasteiger partial charge on any atom is 0.139 e. The Morgan fingerprint density at radius 1 is 1.27 bits per heavy atom. The van der Waals surface area contributed by atoms with E-state index >= 15 is 0 Å². The summed E-state index contributed by atoms with van der Waals surface area (Å²) < 4.78 is 23.4. The van der Waals surface area contributed by atoms with Crippen LogP contribution in [0.5, 0.6) is 0 Å². The van der Waals surface area contributed by atoms with Crippen LogP contribution >= 0.6 is 0 Å². The van der Waals surface area contributed by atoms with Crippen molar-refractivity contribution in [1.29, 1.82) is 0 Å². The Bertz CT molecular complexity index is 608. The fourth-order valence-corrected chi connectivity index (χ4v) is 2.52. The third kappa shape index (κ3) is 3.52. The number of benzene rings is 1. The van der Waals surface area contributed by atoms with Crippen molar-refractivity contribution in [1.82, 2.24) is 10.5 Å². The highest BCUT2D eigenvalue weighted by molar-refractivity contribution is 5.18. The number of nitrogens with one attached hydrogen (secondary N) is 1. The summed E-state index contributed by atoms with van der Waals surface area (Å²) in [4.78, 5) is 0. The number of nitrogens with zero attached hydrogens (tertiary/aromatic N) is 1. The molecular formula is C16H19FN2O3. The molecule has 2 N–H and O–H groups in total. The summed E-state index contributed by atoms with van der Waals surface area (Å²) in [5.41, 5.74) is 1.70. The summed E-state index contributed by atoms with van der Waals surface area (Å²) in [5, 5.41) is 16.4. The second-order valence-electron chi connectivity index (χ2n) is 5.69. The van der Waals surface area contributed by atoms with Gasteiger partial charge in [0.15, 0.2) is 0 Å². The Labute approximate surface area is 128 Å². The molecule has 1 fully saturated rings. The van der Waals surface area contributed by atoms with Gasteiger partial charge in [0.2, 0.25) is 0 Å². The minimum Gasteiger partial charge on any atom is -0.396 e. The second kappa shape index (κ2) is 6.56. The van der Waals surface area contributed by atoms with Crippen LogP contribution in [0.25, 0.3) is 0 Å². The molecule has 0 atom stereocenters. The lowest BCUT2D eigenvalue weighted by atomic mass is 9.90. The molecule has 118 valence electrons. The van der Waals surface area contributed by atoms with Gasteiger partial charge in [0, 0.05) is 25.5 Å². The topological polar surface area (TPSA) is 67.5 Å². The van der Waals surface area contributed by atoms with Crippen LogP contribution in [-0.4, -0.2) is 35.6 Å². The van der Waals surface area contributed by atoms with Gasteiger partial charge in [0.05, 0.1) is 31.1 Å². The third-order valence-electron chi connectivity index (χ3n) is 3.82. The molecular weight excluding hydrogens is 287 g/mol. The van der Waals surface area contributed by atoms with Crippen LogP contribution in [-0.2, 0) is 24.1 Å². The highest BCUT2D eigenvalue weighted by atomic mass is 19.1. The van der Waals surface area contributed by atoms with Gasteiger partial charge in [-0.05, 0) is 17.7 Å². The lowest BCUT2D eigenvalue weighted by Gasteiger charge is -2.42. The number of rotatable bonds is 7. The molecule has 0 aliphatic carbocycles. The molecule has 0 bridgehead atoms. The molecule has 1 aromatic carbocycles. The van der Waals surface area contributed by atoms with Crippen molar-refractivity contribution in [2.45, 2.75) is 24.9 Å². The lowest BCUT2D eigenvalue weighted by molar-refractivity contribution is -0.0755. The quantitative estimate of drug-likeness (QED) is 0.810. The average Bonchev–Trinajstić information content (AvgIpc) is 2.91. The maximum atomic E-state index is 12.9. The standard InChI is InChI=1S/C16H19FN2O3/c17-13-3-1-12(2-4-13)9-18-16(10-21-11-16)8-14-7-15(5-6-20)22-19-14/h1-4,7,18,20H,5-6,8-11H2. The molecule has 0 spiro atoms. The highest BCUT2D eigenvalue weighted by Crippen LogP contribution is 2.23. The Hall–Kier alpha value is -1.76. The molecule has 6 heteroatoms. The first-order valence-electron chi connectivity index (χ1n) is 7.32. The molecule has 1 aliphatic rings. The van der Waals surface area contributed by atoms with E-state index in [1.165, 1.54) is 12.1 Å². The zero-order valence-corrected chi connectivity index (χ0v) is 12.2. The zero-order valence-electron chi connectivity index (χ0n) is 12.2. The van der Waals surface area contributed by atoms with Crippen LogP contribution in [0.1, 0.15) is 17.0 Å². The van der Waals surface area contributed by atoms with Gasteiger partial charge in [0.1, 0.15) is 11.6 Å². The van der Waals surface area contributed by atoms with E-state index in [2.05, 4.69) is 10.5 Å². The van der Waals surface area contributed by atoms with Gasteiger partial charge in [-0.15, -0.1) is 0 Å². The number of ether oxygens (including phenoxy) is 1. The SMILES string of the molecule is OCCc1cc(CC2(NCc3ccc(F)cc3)COC2)no1. The molecule has 0 radical (unpaired) electrons. The maximum absolute atomic E-state index is 12.9. The normalized spacial score (nSPS) is 16.5. The summed E-state index contributed by atoms with van der Waals surface area (Å²) >= 11 is 0.